The number of halogens is 2. The van der Waals surface area contributed by atoms with E-state index in [0.29, 0.717) is 39.4 Å². The average molecular weight is 550 g/mol. The molecule has 1 fully saturated rings. The molecule has 4 rings (SSSR count). The summed E-state index contributed by atoms with van der Waals surface area (Å²) < 4.78 is 60.5. The molecule has 198 valence electrons. The number of hydrogen-bond acceptors (Lipinski definition) is 6. The number of nitrogens with zero attached hydrogens (tertiary/aromatic N) is 3. The van der Waals surface area contributed by atoms with E-state index in [9.17, 15) is 22.0 Å². The van der Waals surface area contributed by atoms with Gasteiger partial charge in [0.2, 0.25) is 15.9 Å². The molecule has 37 heavy (non-hydrogen) atoms. The summed E-state index contributed by atoms with van der Waals surface area (Å²) in [5.74, 6) is -1.30. The zero-order chi connectivity index (χ0) is 26.3. The Hall–Kier alpha value is -2.70. The number of rotatable bonds is 11. The summed E-state index contributed by atoms with van der Waals surface area (Å²) in [4.78, 5) is 18.1. The van der Waals surface area contributed by atoms with Gasteiger partial charge in [0.25, 0.3) is 0 Å². The van der Waals surface area contributed by atoms with Gasteiger partial charge in [-0.15, -0.1) is 11.3 Å². The van der Waals surface area contributed by atoms with Crippen LogP contribution in [0.1, 0.15) is 10.4 Å². The predicted octanol–water partition coefficient (Wildman–Crippen LogP) is 3.58. The Morgan fingerprint density at radius 2 is 1.59 bits per heavy atom. The van der Waals surface area contributed by atoms with Gasteiger partial charge >= 0.3 is 0 Å². The Labute approximate surface area is 219 Å². The molecule has 3 aromatic rings. The maximum atomic E-state index is 13.6. The van der Waals surface area contributed by atoms with Crippen LogP contribution in [0, 0.1) is 11.6 Å². The van der Waals surface area contributed by atoms with Crippen molar-refractivity contribution < 1.29 is 26.7 Å². The molecule has 0 spiro atoms. The molecular weight excluding hydrogens is 520 g/mol. The highest BCUT2D eigenvalue weighted by Gasteiger charge is 2.29. The van der Waals surface area contributed by atoms with Crippen molar-refractivity contribution in [3.8, 4) is 0 Å². The highest BCUT2D eigenvalue weighted by molar-refractivity contribution is 7.89. The minimum absolute atomic E-state index is 0.0768. The fraction of sp³-hybridized carbons (Fsp3) is 0.346. The van der Waals surface area contributed by atoms with Crippen molar-refractivity contribution in [2.45, 2.75) is 18.0 Å². The van der Waals surface area contributed by atoms with Crippen molar-refractivity contribution >= 4 is 27.3 Å². The molecule has 1 saturated heterocycles. The van der Waals surface area contributed by atoms with Crippen molar-refractivity contribution in [3.63, 3.8) is 0 Å². The number of ether oxygens (including phenoxy) is 1. The third-order valence-electron chi connectivity index (χ3n) is 6.10. The van der Waals surface area contributed by atoms with Gasteiger partial charge in [0.05, 0.1) is 31.2 Å². The van der Waals surface area contributed by atoms with Crippen molar-refractivity contribution in [1.29, 1.82) is 0 Å². The van der Waals surface area contributed by atoms with Gasteiger partial charge in [-0.2, -0.15) is 4.31 Å². The van der Waals surface area contributed by atoms with Gasteiger partial charge in [-0.3, -0.25) is 9.69 Å². The number of thiophene rings is 1. The molecule has 0 atom stereocenters. The molecule has 0 N–H and O–H groups in total. The second-order valence-electron chi connectivity index (χ2n) is 8.70. The van der Waals surface area contributed by atoms with Crippen molar-refractivity contribution in [2.75, 3.05) is 45.9 Å². The second kappa shape index (κ2) is 12.7. The standard InChI is InChI=1S/C26H29F2N3O4S2/c27-22-5-3-21(4-6-22)18-30(19-24-2-1-17-36-24)26(32)20-31(12-11-29-13-15-35-16-14-29)37(33,34)25-9-7-23(28)8-10-25/h1-10,17H,11-16,18-20H2. The minimum Gasteiger partial charge on any atom is -0.379 e. The van der Waals surface area contributed by atoms with Gasteiger partial charge in [0, 0.05) is 37.6 Å². The number of sulfonamides is 1. The van der Waals surface area contributed by atoms with Crippen LogP contribution in [0.5, 0.6) is 0 Å². The predicted molar refractivity (Wildman–Crippen MR) is 137 cm³/mol. The number of hydrogen-bond donors (Lipinski definition) is 0. The third-order valence-corrected chi connectivity index (χ3v) is 8.82. The largest absolute Gasteiger partial charge is 0.379 e. The monoisotopic (exact) mass is 549 g/mol. The van der Waals surface area contributed by atoms with Crippen LogP contribution in [0.2, 0.25) is 0 Å². The van der Waals surface area contributed by atoms with Gasteiger partial charge in [-0.1, -0.05) is 18.2 Å². The molecule has 0 saturated carbocycles. The van der Waals surface area contributed by atoms with E-state index < -0.39 is 15.8 Å². The molecule has 1 aromatic heterocycles. The lowest BCUT2D eigenvalue weighted by Gasteiger charge is -2.31. The number of morpholine rings is 1. The van der Waals surface area contributed by atoms with Gasteiger partial charge < -0.3 is 9.64 Å². The van der Waals surface area contributed by atoms with Gasteiger partial charge in [0.15, 0.2) is 0 Å². The van der Waals surface area contributed by atoms with Crippen molar-refractivity contribution in [1.82, 2.24) is 14.1 Å². The first-order valence-corrected chi connectivity index (χ1v) is 14.2. The van der Waals surface area contributed by atoms with E-state index in [0.717, 1.165) is 26.9 Å². The molecule has 2 heterocycles. The molecule has 0 radical (unpaired) electrons. The molecule has 0 unspecified atom stereocenters. The highest BCUT2D eigenvalue weighted by atomic mass is 32.2. The number of benzene rings is 2. The average Bonchev–Trinajstić information content (AvgIpc) is 3.41. The molecule has 0 aliphatic carbocycles. The van der Waals surface area contributed by atoms with Gasteiger partial charge in [-0.25, -0.2) is 17.2 Å². The van der Waals surface area contributed by atoms with Crippen molar-refractivity contribution in [2.24, 2.45) is 0 Å². The zero-order valence-corrected chi connectivity index (χ0v) is 21.9. The summed E-state index contributed by atoms with van der Waals surface area (Å²) in [5, 5.41) is 1.91. The minimum atomic E-state index is -4.07. The van der Waals surface area contributed by atoms with Crippen LogP contribution in [0.25, 0.3) is 0 Å². The Balaban J connectivity index is 1.56. The normalized spacial score (nSPS) is 14.7. The Morgan fingerprint density at radius 3 is 2.22 bits per heavy atom. The molecule has 11 heteroatoms. The molecule has 2 aromatic carbocycles. The lowest BCUT2D eigenvalue weighted by molar-refractivity contribution is -0.132. The zero-order valence-electron chi connectivity index (χ0n) is 20.3. The number of amides is 1. The quantitative estimate of drug-likeness (QED) is 0.366. The van der Waals surface area contributed by atoms with E-state index in [1.807, 2.05) is 17.5 Å². The van der Waals surface area contributed by atoms with Gasteiger partial charge in [0.1, 0.15) is 11.6 Å². The molecule has 0 bridgehead atoms. The lowest BCUT2D eigenvalue weighted by atomic mass is 10.2. The van der Waals surface area contributed by atoms with E-state index >= 15 is 0 Å². The van der Waals surface area contributed by atoms with Crippen LogP contribution in [0.4, 0.5) is 8.78 Å². The highest BCUT2D eigenvalue weighted by Crippen LogP contribution is 2.19. The molecular formula is C26H29F2N3O4S2. The third kappa shape index (κ3) is 7.65. The number of carbonyl (C=O) groups excluding carboxylic acids is 1. The smallest absolute Gasteiger partial charge is 0.243 e. The molecule has 1 aliphatic heterocycles. The van der Waals surface area contributed by atoms with Crippen LogP contribution in [0.3, 0.4) is 0 Å². The molecule has 1 aliphatic rings. The summed E-state index contributed by atoms with van der Waals surface area (Å²) in [6.07, 6.45) is 0. The van der Waals surface area contributed by atoms with E-state index in [2.05, 4.69) is 4.90 Å². The topological polar surface area (TPSA) is 70.2 Å². The van der Waals surface area contributed by atoms with Crippen LogP contribution < -0.4 is 0 Å². The Kier molecular flexibility index (Phi) is 9.38. The van der Waals surface area contributed by atoms with Crippen LogP contribution in [0.15, 0.2) is 70.9 Å². The first-order chi connectivity index (χ1) is 17.8. The Bertz CT molecular complexity index is 1250. The van der Waals surface area contributed by atoms with Crippen LogP contribution >= 0.6 is 11.3 Å². The Morgan fingerprint density at radius 1 is 0.946 bits per heavy atom. The SMILES string of the molecule is O=C(CN(CCN1CCOCC1)S(=O)(=O)c1ccc(F)cc1)N(Cc1ccc(F)cc1)Cc1cccs1. The van der Waals surface area contributed by atoms with Gasteiger partial charge in [-0.05, 0) is 53.4 Å². The van der Waals surface area contributed by atoms with E-state index in [-0.39, 0.29) is 36.3 Å². The first-order valence-electron chi connectivity index (χ1n) is 11.9. The van der Waals surface area contributed by atoms with E-state index in [1.54, 1.807) is 17.0 Å². The van der Waals surface area contributed by atoms with Crippen LogP contribution in [-0.4, -0.2) is 74.4 Å². The maximum absolute atomic E-state index is 13.6. The van der Waals surface area contributed by atoms with E-state index in [4.69, 9.17) is 4.74 Å². The summed E-state index contributed by atoms with van der Waals surface area (Å²) >= 11 is 1.49. The molecule has 1 amide bonds. The molecule has 7 nitrogen and oxygen atoms in total. The number of carbonyl (C=O) groups is 1. The maximum Gasteiger partial charge on any atom is 0.243 e. The fourth-order valence-electron chi connectivity index (χ4n) is 4.00. The lowest BCUT2D eigenvalue weighted by Crippen LogP contribution is -2.46. The van der Waals surface area contributed by atoms with E-state index in [1.165, 1.54) is 35.6 Å². The van der Waals surface area contributed by atoms with Crippen molar-refractivity contribution in [3.05, 3.63) is 88.1 Å². The second-order valence-corrected chi connectivity index (χ2v) is 11.7. The summed E-state index contributed by atoms with van der Waals surface area (Å²) in [6.45, 7) is 3.12. The first kappa shape index (κ1) is 27.3. The fourth-order valence-corrected chi connectivity index (χ4v) is 6.10. The van der Waals surface area contributed by atoms with Crippen LogP contribution in [-0.2, 0) is 32.6 Å². The summed E-state index contributed by atoms with van der Waals surface area (Å²) in [7, 11) is -4.07. The summed E-state index contributed by atoms with van der Waals surface area (Å²) in [5.41, 5.74) is 0.729. The summed E-state index contributed by atoms with van der Waals surface area (Å²) in [6, 6.07) is 14.3.